The quantitative estimate of drug-likeness (QED) is 0.852. The van der Waals surface area contributed by atoms with E-state index in [0.717, 1.165) is 25.5 Å². The summed E-state index contributed by atoms with van der Waals surface area (Å²) in [5, 5.41) is 0. The van der Waals surface area contributed by atoms with Crippen LogP contribution in [0.3, 0.4) is 0 Å². The van der Waals surface area contributed by atoms with Crippen molar-refractivity contribution in [1.82, 2.24) is 9.21 Å². The molecule has 0 aromatic heterocycles. The Balaban J connectivity index is 2.11. The van der Waals surface area contributed by atoms with Crippen LogP contribution in [-0.4, -0.2) is 51.4 Å². The van der Waals surface area contributed by atoms with Gasteiger partial charge in [-0.15, -0.1) is 0 Å². The molecule has 0 bridgehead atoms. The van der Waals surface area contributed by atoms with Gasteiger partial charge in [0.1, 0.15) is 10.7 Å². The molecule has 1 fully saturated rings. The van der Waals surface area contributed by atoms with Gasteiger partial charge in [0, 0.05) is 25.3 Å². The fraction of sp³-hybridized carbons (Fsp3) is 0.571. The van der Waals surface area contributed by atoms with Crippen LogP contribution in [0, 0.1) is 11.7 Å². The molecule has 21 heavy (non-hydrogen) atoms. The molecule has 0 saturated carbocycles. The number of nitrogens with zero attached hydrogens (tertiary/aromatic N) is 2. The van der Waals surface area contributed by atoms with Crippen LogP contribution >= 0.6 is 0 Å². The normalized spacial score (nSPS) is 18.3. The number of hydrogen-bond acceptors (Lipinski definition) is 4. The lowest BCUT2D eigenvalue weighted by Crippen LogP contribution is -2.40. The molecular weight excluding hydrogens is 293 g/mol. The van der Waals surface area contributed by atoms with Crippen LogP contribution < -0.4 is 5.73 Å². The van der Waals surface area contributed by atoms with E-state index in [4.69, 9.17) is 5.73 Å². The van der Waals surface area contributed by atoms with Crippen molar-refractivity contribution in [2.45, 2.75) is 17.7 Å². The van der Waals surface area contributed by atoms with E-state index in [0.29, 0.717) is 19.0 Å². The van der Waals surface area contributed by atoms with Gasteiger partial charge in [0.15, 0.2) is 0 Å². The highest BCUT2D eigenvalue weighted by Crippen LogP contribution is 2.26. The van der Waals surface area contributed by atoms with Crippen molar-refractivity contribution in [3.05, 3.63) is 24.0 Å². The third kappa shape index (κ3) is 3.72. The monoisotopic (exact) mass is 315 g/mol. The van der Waals surface area contributed by atoms with Crippen molar-refractivity contribution < 1.29 is 12.8 Å². The molecule has 0 unspecified atom stereocenters. The van der Waals surface area contributed by atoms with Crippen LogP contribution in [0.15, 0.2) is 23.1 Å². The lowest BCUT2D eigenvalue weighted by Gasteiger charge is -2.32. The molecule has 2 rings (SSSR count). The number of piperidine rings is 1. The molecular formula is C14H22FN3O2S. The SMILES string of the molecule is CN(C)CC1CCN(S(=O)(=O)c2ccc(N)cc2F)CC1. The molecule has 1 saturated heterocycles. The molecule has 1 aromatic carbocycles. The van der Waals surface area contributed by atoms with Gasteiger partial charge in [0.25, 0.3) is 0 Å². The van der Waals surface area contributed by atoms with Gasteiger partial charge in [-0.25, -0.2) is 12.8 Å². The fourth-order valence-corrected chi connectivity index (χ4v) is 4.23. The molecule has 5 nitrogen and oxygen atoms in total. The molecule has 0 atom stereocenters. The van der Waals surface area contributed by atoms with Crippen molar-refractivity contribution in [2.24, 2.45) is 5.92 Å². The van der Waals surface area contributed by atoms with Crippen LogP contribution in [0.25, 0.3) is 0 Å². The Morgan fingerprint density at radius 2 is 1.95 bits per heavy atom. The van der Waals surface area contributed by atoms with Crippen molar-refractivity contribution in [2.75, 3.05) is 39.5 Å². The van der Waals surface area contributed by atoms with E-state index in [2.05, 4.69) is 4.90 Å². The van der Waals surface area contributed by atoms with Gasteiger partial charge in [-0.1, -0.05) is 0 Å². The van der Waals surface area contributed by atoms with E-state index in [1.54, 1.807) is 0 Å². The molecule has 1 aliphatic heterocycles. The van der Waals surface area contributed by atoms with Crippen LogP contribution in [0.2, 0.25) is 0 Å². The van der Waals surface area contributed by atoms with Crippen LogP contribution in [0.1, 0.15) is 12.8 Å². The topological polar surface area (TPSA) is 66.6 Å². The predicted octanol–water partition coefficient (Wildman–Crippen LogP) is 1.37. The first-order chi connectivity index (χ1) is 9.80. The molecule has 0 spiro atoms. The Kier molecular flexibility index (Phi) is 4.85. The van der Waals surface area contributed by atoms with Gasteiger partial charge in [0.05, 0.1) is 0 Å². The highest BCUT2D eigenvalue weighted by Gasteiger charge is 2.31. The summed E-state index contributed by atoms with van der Waals surface area (Å²) in [6.07, 6.45) is 1.60. The summed E-state index contributed by atoms with van der Waals surface area (Å²) in [5.41, 5.74) is 5.68. The van der Waals surface area contributed by atoms with Crippen molar-refractivity contribution in [3.63, 3.8) is 0 Å². The molecule has 1 heterocycles. The number of nitrogen functional groups attached to an aromatic ring is 1. The molecule has 1 aromatic rings. The first-order valence-electron chi connectivity index (χ1n) is 7.00. The maximum Gasteiger partial charge on any atom is 0.245 e. The minimum atomic E-state index is -3.77. The van der Waals surface area contributed by atoms with Crippen molar-refractivity contribution in [3.8, 4) is 0 Å². The lowest BCUT2D eigenvalue weighted by atomic mass is 9.98. The van der Waals surface area contributed by atoms with E-state index in [9.17, 15) is 12.8 Å². The Morgan fingerprint density at radius 3 is 2.48 bits per heavy atom. The highest BCUT2D eigenvalue weighted by atomic mass is 32.2. The van der Waals surface area contributed by atoms with Gasteiger partial charge >= 0.3 is 0 Å². The molecule has 0 radical (unpaired) electrons. The summed E-state index contributed by atoms with van der Waals surface area (Å²) >= 11 is 0. The molecule has 0 amide bonds. The number of benzene rings is 1. The van der Waals surface area contributed by atoms with Crippen molar-refractivity contribution >= 4 is 15.7 Å². The maximum atomic E-state index is 13.9. The second-order valence-corrected chi connectivity index (χ2v) is 7.71. The molecule has 0 aliphatic carbocycles. The minimum Gasteiger partial charge on any atom is -0.399 e. The van der Waals surface area contributed by atoms with E-state index in [1.165, 1.54) is 16.4 Å². The van der Waals surface area contributed by atoms with E-state index in [-0.39, 0.29) is 10.6 Å². The Labute approximate surface area is 125 Å². The van der Waals surface area contributed by atoms with Gasteiger partial charge in [0.2, 0.25) is 10.0 Å². The Bertz CT molecular complexity index is 596. The zero-order valence-corrected chi connectivity index (χ0v) is 13.2. The van der Waals surface area contributed by atoms with Gasteiger partial charge in [-0.3, -0.25) is 0 Å². The first-order valence-corrected chi connectivity index (χ1v) is 8.44. The smallest absolute Gasteiger partial charge is 0.245 e. The molecule has 118 valence electrons. The van der Waals surface area contributed by atoms with Crippen LogP contribution in [0.5, 0.6) is 0 Å². The lowest BCUT2D eigenvalue weighted by molar-refractivity contribution is 0.224. The zero-order valence-electron chi connectivity index (χ0n) is 12.4. The summed E-state index contributed by atoms with van der Waals surface area (Å²) in [7, 11) is 0.241. The van der Waals surface area contributed by atoms with E-state index < -0.39 is 15.8 Å². The predicted molar refractivity (Wildman–Crippen MR) is 80.8 cm³/mol. The molecule has 1 aliphatic rings. The third-order valence-electron chi connectivity index (χ3n) is 3.77. The average molecular weight is 315 g/mol. The van der Waals surface area contributed by atoms with Gasteiger partial charge in [-0.05, 0) is 51.1 Å². The number of anilines is 1. The highest BCUT2D eigenvalue weighted by molar-refractivity contribution is 7.89. The first kappa shape index (κ1) is 16.2. The van der Waals surface area contributed by atoms with E-state index in [1.807, 2.05) is 14.1 Å². The number of halogens is 1. The number of hydrogen-bond donors (Lipinski definition) is 1. The summed E-state index contributed by atoms with van der Waals surface area (Å²) in [6, 6.07) is 3.70. The second-order valence-electron chi connectivity index (χ2n) is 5.80. The number of rotatable bonds is 4. The standard InChI is InChI=1S/C14H22FN3O2S/c1-17(2)10-11-5-7-18(8-6-11)21(19,20)14-4-3-12(16)9-13(14)15/h3-4,9,11H,5-8,10,16H2,1-2H3. The Morgan fingerprint density at radius 1 is 1.33 bits per heavy atom. The minimum absolute atomic E-state index is 0.219. The molecule has 7 heteroatoms. The van der Waals surface area contributed by atoms with Gasteiger partial charge < -0.3 is 10.6 Å². The van der Waals surface area contributed by atoms with E-state index >= 15 is 0 Å². The third-order valence-corrected chi connectivity index (χ3v) is 5.70. The summed E-state index contributed by atoms with van der Waals surface area (Å²) in [6.45, 7) is 1.82. The second kappa shape index (κ2) is 6.29. The zero-order chi connectivity index (χ0) is 15.6. The summed E-state index contributed by atoms with van der Waals surface area (Å²) in [5.74, 6) is -0.298. The van der Waals surface area contributed by atoms with Crippen LogP contribution in [-0.2, 0) is 10.0 Å². The maximum absolute atomic E-state index is 13.9. The summed E-state index contributed by atoms with van der Waals surface area (Å²) in [4.78, 5) is 1.82. The van der Waals surface area contributed by atoms with Crippen LogP contribution in [0.4, 0.5) is 10.1 Å². The fourth-order valence-electron chi connectivity index (χ4n) is 2.71. The van der Waals surface area contributed by atoms with Crippen molar-refractivity contribution in [1.29, 1.82) is 0 Å². The Hall–Kier alpha value is -1.18. The summed E-state index contributed by atoms with van der Waals surface area (Å²) < 4.78 is 40.2. The number of sulfonamides is 1. The molecule has 2 N–H and O–H groups in total. The largest absolute Gasteiger partial charge is 0.399 e. The number of nitrogens with two attached hydrogens (primary N) is 1. The average Bonchev–Trinajstić information content (AvgIpc) is 2.38. The van der Waals surface area contributed by atoms with Gasteiger partial charge in [-0.2, -0.15) is 4.31 Å².